The zero-order valence-electron chi connectivity index (χ0n) is 11.8. The lowest BCUT2D eigenvalue weighted by molar-refractivity contribution is -0.117. The molecule has 0 unspecified atom stereocenters. The summed E-state index contributed by atoms with van der Waals surface area (Å²) in [7, 11) is 1.63. The molecule has 0 aromatic heterocycles. The van der Waals surface area contributed by atoms with E-state index in [9.17, 15) is 4.79 Å². The topological polar surface area (TPSA) is 38.3 Å². The van der Waals surface area contributed by atoms with Crippen molar-refractivity contribution in [1.29, 1.82) is 0 Å². The minimum atomic E-state index is 0.153. The highest BCUT2D eigenvalue weighted by Crippen LogP contribution is 2.51. The zero-order valence-corrected chi connectivity index (χ0v) is 11.8. The van der Waals surface area contributed by atoms with E-state index in [0.717, 1.165) is 17.9 Å². The first-order valence-electron chi connectivity index (χ1n) is 7.41. The summed E-state index contributed by atoms with van der Waals surface area (Å²) in [4.78, 5) is 12.4. The first-order chi connectivity index (χ1) is 9.79. The zero-order chi connectivity index (χ0) is 13.9. The molecule has 3 atom stereocenters. The molecule has 0 heterocycles. The number of hydrogen-bond donors (Lipinski definition) is 1. The maximum absolute atomic E-state index is 12.4. The number of hydrogen-bond acceptors (Lipinski definition) is 2. The van der Waals surface area contributed by atoms with Gasteiger partial charge in [-0.05, 0) is 43.2 Å². The monoisotopic (exact) mass is 271 g/mol. The molecular weight excluding hydrogens is 250 g/mol. The largest absolute Gasteiger partial charge is 0.497 e. The minimum Gasteiger partial charge on any atom is -0.497 e. The van der Waals surface area contributed by atoms with Crippen LogP contribution in [0.15, 0.2) is 36.4 Å². The van der Waals surface area contributed by atoms with Gasteiger partial charge in [0, 0.05) is 17.7 Å². The van der Waals surface area contributed by atoms with Crippen LogP contribution in [-0.2, 0) is 4.79 Å². The van der Waals surface area contributed by atoms with Crippen LogP contribution in [0.25, 0.3) is 0 Å². The van der Waals surface area contributed by atoms with E-state index in [4.69, 9.17) is 4.74 Å². The van der Waals surface area contributed by atoms with Crippen molar-refractivity contribution in [3.63, 3.8) is 0 Å². The Morgan fingerprint density at radius 2 is 2.25 bits per heavy atom. The predicted octanol–water partition coefficient (Wildman–Crippen LogP) is 3.63. The van der Waals surface area contributed by atoms with Gasteiger partial charge in [0.05, 0.1) is 7.11 Å². The summed E-state index contributed by atoms with van der Waals surface area (Å²) in [6.45, 7) is 0. The van der Waals surface area contributed by atoms with Gasteiger partial charge in [-0.25, -0.2) is 0 Å². The van der Waals surface area contributed by atoms with Crippen LogP contribution in [0.3, 0.4) is 0 Å². The number of amides is 1. The number of fused-ring (bicyclic) bond motifs is 1. The third kappa shape index (κ3) is 2.72. The Morgan fingerprint density at radius 1 is 1.35 bits per heavy atom. The lowest BCUT2D eigenvalue weighted by Crippen LogP contribution is -2.15. The van der Waals surface area contributed by atoms with E-state index in [-0.39, 0.29) is 11.8 Å². The van der Waals surface area contributed by atoms with E-state index in [1.807, 2.05) is 24.3 Å². The SMILES string of the molecule is COc1cccc(NC(=O)[C@H]2[C@@H]3C=CCCCC[C@@H]32)c1. The van der Waals surface area contributed by atoms with Crippen LogP contribution in [0, 0.1) is 17.8 Å². The van der Waals surface area contributed by atoms with E-state index >= 15 is 0 Å². The second-order valence-electron chi connectivity index (χ2n) is 5.70. The molecule has 3 heteroatoms. The molecule has 1 aromatic carbocycles. The Bertz CT molecular complexity index is 523. The van der Waals surface area contributed by atoms with Crippen LogP contribution < -0.4 is 10.1 Å². The van der Waals surface area contributed by atoms with Crippen LogP contribution >= 0.6 is 0 Å². The molecule has 0 aliphatic heterocycles. The summed E-state index contributed by atoms with van der Waals surface area (Å²) in [6, 6.07) is 7.53. The quantitative estimate of drug-likeness (QED) is 0.853. The summed E-state index contributed by atoms with van der Waals surface area (Å²) in [5.74, 6) is 2.10. The molecule has 20 heavy (non-hydrogen) atoms. The van der Waals surface area contributed by atoms with Gasteiger partial charge in [0.15, 0.2) is 0 Å². The maximum atomic E-state index is 12.4. The first-order valence-corrected chi connectivity index (χ1v) is 7.41. The van der Waals surface area contributed by atoms with Gasteiger partial charge < -0.3 is 10.1 Å². The van der Waals surface area contributed by atoms with Crippen LogP contribution in [0.1, 0.15) is 25.7 Å². The number of anilines is 1. The van der Waals surface area contributed by atoms with Crippen LogP contribution in [0.4, 0.5) is 5.69 Å². The van der Waals surface area contributed by atoms with E-state index in [2.05, 4.69) is 17.5 Å². The molecule has 0 radical (unpaired) electrons. The summed E-state index contributed by atoms with van der Waals surface area (Å²) >= 11 is 0. The Labute approximate surface area is 120 Å². The van der Waals surface area contributed by atoms with Gasteiger partial charge in [0.25, 0.3) is 0 Å². The minimum absolute atomic E-state index is 0.153. The molecule has 3 nitrogen and oxygen atoms in total. The molecule has 0 bridgehead atoms. The Kier molecular flexibility index (Phi) is 3.77. The number of allylic oxidation sites excluding steroid dienone is 2. The van der Waals surface area contributed by atoms with Gasteiger partial charge in [-0.2, -0.15) is 0 Å². The Hall–Kier alpha value is -1.77. The summed E-state index contributed by atoms with van der Waals surface area (Å²) in [5, 5.41) is 3.02. The predicted molar refractivity (Wildman–Crippen MR) is 79.7 cm³/mol. The molecule has 1 aromatic rings. The molecular formula is C17H21NO2. The van der Waals surface area contributed by atoms with Gasteiger partial charge in [0.2, 0.25) is 5.91 Å². The summed E-state index contributed by atoms with van der Waals surface area (Å²) in [5.41, 5.74) is 0.817. The van der Waals surface area contributed by atoms with E-state index in [1.54, 1.807) is 7.11 Å². The molecule has 1 saturated carbocycles. The summed E-state index contributed by atoms with van der Waals surface area (Å²) in [6.07, 6.45) is 9.34. The van der Waals surface area contributed by atoms with Gasteiger partial charge in [-0.15, -0.1) is 0 Å². The highest BCUT2D eigenvalue weighted by Gasteiger charge is 2.52. The highest BCUT2D eigenvalue weighted by atomic mass is 16.5. The van der Waals surface area contributed by atoms with Crippen molar-refractivity contribution >= 4 is 11.6 Å². The molecule has 3 rings (SSSR count). The number of rotatable bonds is 3. The first kappa shape index (κ1) is 13.2. The Balaban J connectivity index is 1.65. The molecule has 0 saturated heterocycles. The number of carbonyl (C=O) groups is 1. The van der Waals surface area contributed by atoms with Crippen LogP contribution in [-0.4, -0.2) is 13.0 Å². The third-order valence-electron chi connectivity index (χ3n) is 4.39. The second kappa shape index (κ2) is 5.70. The molecule has 2 aliphatic rings. The molecule has 1 amide bonds. The number of ether oxygens (including phenoxy) is 1. The number of benzene rings is 1. The van der Waals surface area contributed by atoms with Crippen LogP contribution in [0.2, 0.25) is 0 Å². The summed E-state index contributed by atoms with van der Waals surface area (Å²) < 4.78 is 5.18. The fourth-order valence-electron chi connectivity index (χ4n) is 3.23. The second-order valence-corrected chi connectivity index (χ2v) is 5.70. The van der Waals surface area contributed by atoms with Crippen molar-refractivity contribution < 1.29 is 9.53 Å². The molecule has 1 fully saturated rings. The lowest BCUT2D eigenvalue weighted by atomic mass is 10.1. The average molecular weight is 271 g/mol. The molecule has 0 spiro atoms. The van der Waals surface area contributed by atoms with Crippen molar-refractivity contribution in [3.8, 4) is 5.75 Å². The number of nitrogens with one attached hydrogen (secondary N) is 1. The van der Waals surface area contributed by atoms with Crippen LogP contribution in [0.5, 0.6) is 5.75 Å². The van der Waals surface area contributed by atoms with Gasteiger partial charge in [-0.1, -0.05) is 24.6 Å². The number of carbonyl (C=O) groups excluding carboxylic acids is 1. The maximum Gasteiger partial charge on any atom is 0.228 e. The Morgan fingerprint density at radius 3 is 3.10 bits per heavy atom. The third-order valence-corrected chi connectivity index (χ3v) is 4.39. The lowest BCUT2D eigenvalue weighted by Gasteiger charge is -2.06. The van der Waals surface area contributed by atoms with Crippen molar-refractivity contribution in [2.45, 2.75) is 25.7 Å². The fourth-order valence-corrected chi connectivity index (χ4v) is 3.23. The molecule has 1 N–H and O–H groups in total. The van der Waals surface area contributed by atoms with Crippen molar-refractivity contribution in [3.05, 3.63) is 36.4 Å². The fraction of sp³-hybridized carbons (Fsp3) is 0.471. The molecule has 106 valence electrons. The highest BCUT2D eigenvalue weighted by molar-refractivity contribution is 5.95. The number of methoxy groups -OCH3 is 1. The van der Waals surface area contributed by atoms with Gasteiger partial charge in [0.1, 0.15) is 5.75 Å². The van der Waals surface area contributed by atoms with Crippen molar-refractivity contribution in [2.75, 3.05) is 12.4 Å². The van der Waals surface area contributed by atoms with Crippen molar-refractivity contribution in [1.82, 2.24) is 0 Å². The molecule has 2 aliphatic carbocycles. The standard InChI is InChI=1S/C17H21NO2/c1-20-13-8-6-7-12(11-13)18-17(19)16-14-9-4-2-3-5-10-15(14)16/h4,6-9,11,14-16H,2-3,5,10H2,1H3,(H,18,19)/t14-,15+,16+/m1/s1. The van der Waals surface area contributed by atoms with E-state index in [1.165, 1.54) is 19.3 Å². The van der Waals surface area contributed by atoms with Gasteiger partial charge in [-0.3, -0.25) is 4.79 Å². The van der Waals surface area contributed by atoms with E-state index < -0.39 is 0 Å². The van der Waals surface area contributed by atoms with E-state index in [0.29, 0.717) is 11.8 Å². The average Bonchev–Trinajstić information content (AvgIpc) is 3.10. The normalized spacial score (nSPS) is 27.9. The van der Waals surface area contributed by atoms with Gasteiger partial charge >= 0.3 is 0 Å². The smallest absolute Gasteiger partial charge is 0.228 e. The van der Waals surface area contributed by atoms with Crippen molar-refractivity contribution in [2.24, 2.45) is 17.8 Å².